The smallest absolute Gasteiger partial charge is 0.220 e. The number of hydrogen-bond donors (Lipinski definition) is 4. The van der Waals surface area contributed by atoms with Gasteiger partial charge in [0.05, 0.1) is 18.8 Å². The number of aliphatic hydroxyl groups excluding tert-OH is 3. The third-order valence-corrected chi connectivity index (χ3v) is 9.37. The highest BCUT2D eigenvalue weighted by Gasteiger charge is 2.26. The molecule has 0 bridgehead atoms. The molecule has 0 saturated heterocycles. The van der Waals surface area contributed by atoms with E-state index in [1.807, 2.05) is 0 Å². The summed E-state index contributed by atoms with van der Waals surface area (Å²) in [6.45, 7) is 4.14. The summed E-state index contributed by atoms with van der Waals surface area (Å²) < 4.78 is 0. The van der Waals surface area contributed by atoms with Crippen LogP contribution in [0.1, 0.15) is 213 Å². The van der Waals surface area contributed by atoms with Crippen molar-refractivity contribution in [2.24, 2.45) is 0 Å². The monoisotopic (exact) mass is 638 g/mol. The largest absolute Gasteiger partial charge is 0.394 e. The van der Waals surface area contributed by atoms with Crippen LogP contribution in [0.4, 0.5) is 0 Å². The van der Waals surface area contributed by atoms with Gasteiger partial charge in [0.15, 0.2) is 0 Å². The van der Waals surface area contributed by atoms with Gasteiger partial charge in [-0.3, -0.25) is 4.79 Å². The molecule has 0 rings (SSSR count). The second kappa shape index (κ2) is 35.9. The van der Waals surface area contributed by atoms with Gasteiger partial charge in [0.2, 0.25) is 5.91 Å². The summed E-state index contributed by atoms with van der Waals surface area (Å²) in [6.07, 6.45) is 40.4. The molecule has 0 saturated carbocycles. The second-order valence-electron chi connectivity index (χ2n) is 13.8. The summed E-state index contributed by atoms with van der Waals surface area (Å²) in [4.78, 5) is 12.3. The molecule has 1 amide bonds. The molecule has 45 heavy (non-hydrogen) atoms. The van der Waals surface area contributed by atoms with Gasteiger partial charge in [-0.2, -0.15) is 0 Å². The summed E-state index contributed by atoms with van der Waals surface area (Å²) in [5, 5.41) is 33.2. The molecular formula is C40H79NO4. The second-order valence-corrected chi connectivity index (χ2v) is 13.8. The van der Waals surface area contributed by atoms with Crippen LogP contribution in [0.2, 0.25) is 0 Å². The van der Waals surface area contributed by atoms with E-state index in [2.05, 4.69) is 31.3 Å². The van der Waals surface area contributed by atoms with Crippen molar-refractivity contribution >= 4 is 5.91 Å². The van der Waals surface area contributed by atoms with Crippen molar-refractivity contribution in [2.75, 3.05) is 6.61 Å². The molecule has 268 valence electrons. The molecule has 0 radical (unpaired) electrons. The molecule has 0 aromatic heterocycles. The van der Waals surface area contributed by atoms with Gasteiger partial charge in [-0.05, 0) is 38.5 Å². The van der Waals surface area contributed by atoms with E-state index in [1.165, 1.54) is 148 Å². The van der Waals surface area contributed by atoms with Crippen LogP contribution in [0, 0.1) is 0 Å². The van der Waals surface area contributed by atoms with Crippen molar-refractivity contribution in [3.05, 3.63) is 12.2 Å². The minimum atomic E-state index is -1.13. The number of nitrogens with one attached hydrogen (secondary N) is 1. The number of carbonyl (C=O) groups excluding carboxylic acids is 1. The van der Waals surface area contributed by atoms with Gasteiger partial charge in [0, 0.05) is 6.42 Å². The van der Waals surface area contributed by atoms with Crippen molar-refractivity contribution in [1.29, 1.82) is 0 Å². The fraction of sp³-hybridized carbons (Fsp3) is 0.925. The van der Waals surface area contributed by atoms with Gasteiger partial charge < -0.3 is 20.6 Å². The van der Waals surface area contributed by atoms with Crippen LogP contribution in [-0.2, 0) is 4.79 Å². The molecule has 0 spiro atoms. The lowest BCUT2D eigenvalue weighted by atomic mass is 9.99. The summed E-state index contributed by atoms with van der Waals surface area (Å²) in [6, 6.07) is -0.805. The van der Waals surface area contributed by atoms with E-state index >= 15 is 0 Å². The molecule has 3 unspecified atom stereocenters. The number of allylic oxidation sites excluding steroid dienone is 2. The number of unbranched alkanes of at least 4 members (excludes halogenated alkanes) is 26. The van der Waals surface area contributed by atoms with Crippen molar-refractivity contribution < 1.29 is 20.1 Å². The van der Waals surface area contributed by atoms with Crippen LogP contribution in [0.15, 0.2) is 12.2 Å². The predicted octanol–water partition coefficient (Wildman–Crippen LogP) is 10.9. The first-order valence-corrected chi connectivity index (χ1v) is 20.0. The van der Waals surface area contributed by atoms with Gasteiger partial charge in [-0.25, -0.2) is 0 Å². The zero-order chi connectivity index (χ0) is 33.1. The first-order valence-electron chi connectivity index (χ1n) is 20.0. The molecule has 0 aliphatic carbocycles. The van der Waals surface area contributed by atoms with E-state index in [0.29, 0.717) is 12.8 Å². The van der Waals surface area contributed by atoms with Crippen LogP contribution < -0.4 is 5.32 Å². The van der Waals surface area contributed by atoms with E-state index < -0.39 is 18.2 Å². The zero-order valence-corrected chi connectivity index (χ0v) is 30.3. The average molecular weight is 638 g/mol. The molecule has 4 N–H and O–H groups in total. The fourth-order valence-corrected chi connectivity index (χ4v) is 6.21. The summed E-state index contributed by atoms with van der Waals surface area (Å²) in [5.41, 5.74) is 0. The molecule has 5 nitrogen and oxygen atoms in total. The molecular weight excluding hydrogens is 558 g/mol. The predicted molar refractivity (Wildman–Crippen MR) is 195 cm³/mol. The molecule has 0 aromatic rings. The van der Waals surface area contributed by atoms with Crippen molar-refractivity contribution in [1.82, 2.24) is 5.32 Å². The van der Waals surface area contributed by atoms with E-state index in [0.717, 1.165) is 38.5 Å². The lowest BCUT2D eigenvalue weighted by molar-refractivity contribution is -0.124. The Labute approximate surface area is 280 Å². The molecule has 0 aliphatic heterocycles. The third-order valence-electron chi connectivity index (χ3n) is 9.37. The lowest BCUT2D eigenvalue weighted by Crippen LogP contribution is -2.50. The molecule has 5 heteroatoms. The van der Waals surface area contributed by atoms with Gasteiger partial charge in [-0.1, -0.05) is 180 Å². The fourth-order valence-electron chi connectivity index (χ4n) is 6.21. The molecule has 0 aliphatic rings. The van der Waals surface area contributed by atoms with Crippen molar-refractivity contribution in [3.63, 3.8) is 0 Å². The van der Waals surface area contributed by atoms with E-state index in [4.69, 9.17) is 0 Å². The summed E-state index contributed by atoms with van der Waals surface area (Å²) >= 11 is 0. The Morgan fingerprint density at radius 1 is 0.533 bits per heavy atom. The van der Waals surface area contributed by atoms with Gasteiger partial charge in [-0.15, -0.1) is 0 Å². The summed E-state index contributed by atoms with van der Waals surface area (Å²) in [5.74, 6) is -0.150. The first kappa shape index (κ1) is 44.1. The Kier molecular flexibility index (Phi) is 35.2. The molecule has 0 heterocycles. The summed E-state index contributed by atoms with van der Waals surface area (Å²) in [7, 11) is 0. The number of aliphatic hydroxyl groups is 3. The highest BCUT2D eigenvalue weighted by Crippen LogP contribution is 2.15. The van der Waals surface area contributed by atoms with Gasteiger partial charge in [0.1, 0.15) is 6.10 Å². The maximum Gasteiger partial charge on any atom is 0.220 e. The normalized spacial score (nSPS) is 13.8. The number of rotatable bonds is 36. The van der Waals surface area contributed by atoms with Crippen molar-refractivity contribution in [3.8, 4) is 0 Å². The van der Waals surface area contributed by atoms with Crippen LogP contribution in [-0.4, -0.2) is 46.1 Å². The highest BCUT2D eigenvalue weighted by atomic mass is 16.3. The van der Waals surface area contributed by atoms with Crippen LogP contribution in [0.3, 0.4) is 0 Å². The Morgan fingerprint density at radius 2 is 0.889 bits per heavy atom. The highest BCUT2D eigenvalue weighted by molar-refractivity contribution is 5.76. The van der Waals surface area contributed by atoms with Crippen LogP contribution in [0.5, 0.6) is 0 Å². The first-order chi connectivity index (χ1) is 22.1. The minimum absolute atomic E-state index is 0.150. The van der Waals surface area contributed by atoms with Crippen LogP contribution in [0.25, 0.3) is 0 Å². The van der Waals surface area contributed by atoms with Crippen molar-refractivity contribution in [2.45, 2.75) is 231 Å². The third kappa shape index (κ3) is 31.5. The number of carbonyl (C=O) groups is 1. The maximum atomic E-state index is 12.3. The van der Waals surface area contributed by atoms with Crippen LogP contribution >= 0.6 is 0 Å². The Balaban J connectivity index is 3.57. The topological polar surface area (TPSA) is 89.8 Å². The Morgan fingerprint density at radius 3 is 1.29 bits per heavy atom. The number of hydrogen-bond acceptors (Lipinski definition) is 4. The Hall–Kier alpha value is -0.910. The van der Waals surface area contributed by atoms with E-state index in [9.17, 15) is 20.1 Å². The Bertz CT molecular complexity index is 625. The standard InChI is InChI=1S/C40H79NO4/c1-3-5-7-9-11-13-14-15-16-17-18-19-20-21-22-23-24-25-26-27-29-31-33-35-39(44)41-37(36-42)40(45)38(43)34-32-30-28-12-10-8-6-4-2/h21-22,37-38,40,42-43,45H,3-20,23-36H2,1-2H3,(H,41,44)/b22-21-. The van der Waals surface area contributed by atoms with Gasteiger partial charge >= 0.3 is 0 Å². The lowest BCUT2D eigenvalue weighted by Gasteiger charge is -2.26. The maximum absolute atomic E-state index is 12.3. The molecule has 0 aromatic carbocycles. The quantitative estimate of drug-likeness (QED) is 0.0406. The molecule has 0 fully saturated rings. The van der Waals surface area contributed by atoms with Gasteiger partial charge in [0.25, 0.3) is 0 Å². The molecule has 3 atom stereocenters. The SMILES string of the molecule is CCCCCCCCCCCCCC/C=C\CCCCCCCCCC(=O)NC(CO)C(O)C(O)CCCCCCCCCC. The number of amides is 1. The average Bonchev–Trinajstić information content (AvgIpc) is 3.04. The minimum Gasteiger partial charge on any atom is -0.394 e. The van der Waals surface area contributed by atoms with E-state index in [-0.39, 0.29) is 12.5 Å². The van der Waals surface area contributed by atoms with E-state index in [1.54, 1.807) is 0 Å². The zero-order valence-electron chi connectivity index (χ0n) is 30.3.